The number of aryl methyl sites for hydroxylation is 1. The Kier molecular flexibility index (Phi) is 5.99. The highest BCUT2D eigenvalue weighted by molar-refractivity contribution is 7.89. The molecule has 1 N–H and O–H groups in total. The second kappa shape index (κ2) is 7.79. The summed E-state index contributed by atoms with van der Waals surface area (Å²) in [4.78, 5) is 2.31. The highest BCUT2D eigenvalue weighted by Gasteiger charge is 2.20. The summed E-state index contributed by atoms with van der Waals surface area (Å²) in [6.07, 6.45) is 0. The summed E-state index contributed by atoms with van der Waals surface area (Å²) in [5, 5.41) is 0. The SMILES string of the molecule is COc1ccc(C(CNS(=O)(=O)c2ccccc2C)N(C)C)cc1. The highest BCUT2D eigenvalue weighted by Crippen LogP contribution is 2.22. The molecule has 2 rings (SSSR count). The molecule has 0 saturated heterocycles. The smallest absolute Gasteiger partial charge is 0.240 e. The molecule has 0 aliphatic heterocycles. The molecule has 0 aliphatic rings. The zero-order valence-corrected chi connectivity index (χ0v) is 15.3. The Hall–Kier alpha value is -1.89. The summed E-state index contributed by atoms with van der Waals surface area (Å²) in [6, 6.07) is 14.6. The van der Waals surface area contributed by atoms with Crippen molar-refractivity contribution in [3.63, 3.8) is 0 Å². The number of methoxy groups -OCH3 is 1. The minimum absolute atomic E-state index is 0.0744. The van der Waals surface area contributed by atoms with Crippen molar-refractivity contribution in [2.45, 2.75) is 17.9 Å². The zero-order chi connectivity index (χ0) is 17.7. The lowest BCUT2D eigenvalue weighted by Crippen LogP contribution is -2.34. The molecule has 1 unspecified atom stereocenters. The average Bonchev–Trinajstić information content (AvgIpc) is 2.55. The van der Waals surface area contributed by atoms with Crippen molar-refractivity contribution in [3.8, 4) is 5.75 Å². The van der Waals surface area contributed by atoms with Crippen LogP contribution in [-0.2, 0) is 10.0 Å². The molecule has 0 aliphatic carbocycles. The maximum absolute atomic E-state index is 12.6. The van der Waals surface area contributed by atoms with Crippen LogP contribution in [0.2, 0.25) is 0 Å². The summed E-state index contributed by atoms with van der Waals surface area (Å²) >= 11 is 0. The first-order valence-corrected chi connectivity index (χ1v) is 9.19. The van der Waals surface area contributed by atoms with Crippen LogP contribution in [0.3, 0.4) is 0 Å². The molecular formula is C18H24N2O3S. The van der Waals surface area contributed by atoms with Gasteiger partial charge in [-0.2, -0.15) is 0 Å². The highest BCUT2D eigenvalue weighted by atomic mass is 32.2. The topological polar surface area (TPSA) is 58.6 Å². The molecule has 2 aromatic rings. The molecule has 6 heteroatoms. The van der Waals surface area contributed by atoms with Crippen molar-refractivity contribution in [2.75, 3.05) is 27.7 Å². The first-order valence-electron chi connectivity index (χ1n) is 7.71. The van der Waals surface area contributed by atoms with Crippen molar-refractivity contribution >= 4 is 10.0 Å². The first kappa shape index (κ1) is 18.4. The Bertz CT molecular complexity index is 771. The molecule has 130 valence electrons. The van der Waals surface area contributed by atoms with E-state index in [2.05, 4.69) is 4.72 Å². The zero-order valence-electron chi connectivity index (χ0n) is 14.5. The van der Waals surface area contributed by atoms with Gasteiger partial charge in [0.25, 0.3) is 0 Å². The molecule has 2 aromatic carbocycles. The molecule has 0 radical (unpaired) electrons. The lowest BCUT2D eigenvalue weighted by molar-refractivity contribution is 0.299. The molecule has 1 atom stereocenters. The van der Waals surface area contributed by atoms with Crippen LogP contribution < -0.4 is 9.46 Å². The maximum Gasteiger partial charge on any atom is 0.240 e. The fourth-order valence-electron chi connectivity index (χ4n) is 2.55. The van der Waals surface area contributed by atoms with Gasteiger partial charge in [0, 0.05) is 12.6 Å². The van der Waals surface area contributed by atoms with Gasteiger partial charge in [-0.15, -0.1) is 0 Å². The molecule has 0 aromatic heterocycles. The van der Waals surface area contributed by atoms with Gasteiger partial charge in [0.2, 0.25) is 10.0 Å². The van der Waals surface area contributed by atoms with E-state index in [9.17, 15) is 8.42 Å². The van der Waals surface area contributed by atoms with Gasteiger partial charge >= 0.3 is 0 Å². The summed E-state index contributed by atoms with van der Waals surface area (Å²) in [7, 11) is 1.93. The number of likely N-dealkylation sites (N-methyl/N-ethyl adjacent to an activating group) is 1. The third kappa shape index (κ3) is 4.35. The molecule has 0 bridgehead atoms. The number of nitrogens with one attached hydrogen (secondary N) is 1. The Balaban J connectivity index is 2.18. The van der Waals surface area contributed by atoms with Crippen molar-refractivity contribution in [2.24, 2.45) is 0 Å². The van der Waals surface area contributed by atoms with Crippen molar-refractivity contribution in [1.29, 1.82) is 0 Å². The Morgan fingerprint density at radius 1 is 1.08 bits per heavy atom. The molecule has 24 heavy (non-hydrogen) atoms. The van der Waals surface area contributed by atoms with Gasteiger partial charge in [-0.3, -0.25) is 0 Å². The van der Waals surface area contributed by atoms with Crippen molar-refractivity contribution in [3.05, 3.63) is 59.7 Å². The monoisotopic (exact) mass is 348 g/mol. The number of rotatable bonds is 7. The average molecular weight is 348 g/mol. The number of sulfonamides is 1. The van der Waals surface area contributed by atoms with Gasteiger partial charge in [0.15, 0.2) is 0 Å². The summed E-state index contributed by atoms with van der Waals surface area (Å²) in [5.41, 5.74) is 1.75. The van der Waals surface area contributed by atoms with E-state index >= 15 is 0 Å². The number of nitrogens with zero attached hydrogens (tertiary/aromatic N) is 1. The Morgan fingerprint density at radius 2 is 1.71 bits per heavy atom. The standard InChI is InChI=1S/C18H24N2O3S/c1-14-7-5-6-8-18(14)24(21,22)19-13-17(20(2)3)15-9-11-16(23-4)12-10-15/h5-12,17,19H,13H2,1-4H3. The molecule has 0 amide bonds. The normalized spacial score (nSPS) is 13.0. The largest absolute Gasteiger partial charge is 0.497 e. The van der Waals surface area contributed by atoms with Crippen molar-refractivity contribution < 1.29 is 13.2 Å². The van der Waals surface area contributed by atoms with Crippen LogP contribution in [0.5, 0.6) is 5.75 Å². The molecular weight excluding hydrogens is 324 g/mol. The van der Waals surface area contributed by atoms with Gasteiger partial charge in [-0.05, 0) is 50.3 Å². The minimum atomic E-state index is -3.54. The van der Waals surface area contributed by atoms with Crippen LogP contribution >= 0.6 is 0 Å². The number of ether oxygens (including phenoxy) is 1. The Labute approximate surface area is 144 Å². The number of benzene rings is 2. The third-order valence-electron chi connectivity index (χ3n) is 3.97. The summed E-state index contributed by atoms with van der Waals surface area (Å²) in [6.45, 7) is 2.08. The van der Waals surface area contributed by atoms with Crippen LogP contribution in [-0.4, -0.2) is 41.1 Å². The molecule has 0 heterocycles. The summed E-state index contributed by atoms with van der Waals surface area (Å²) < 4.78 is 33.0. The fourth-order valence-corrected chi connectivity index (χ4v) is 3.83. The Morgan fingerprint density at radius 3 is 2.25 bits per heavy atom. The second-order valence-electron chi connectivity index (χ2n) is 5.87. The van der Waals surface area contributed by atoms with Crippen molar-refractivity contribution in [1.82, 2.24) is 9.62 Å². The molecule has 5 nitrogen and oxygen atoms in total. The van der Waals surface area contributed by atoms with Crippen LogP contribution in [0.25, 0.3) is 0 Å². The predicted octanol–water partition coefficient (Wildman–Crippen LogP) is 2.58. The third-order valence-corrected chi connectivity index (χ3v) is 5.56. The van der Waals surface area contributed by atoms with Crippen LogP contribution in [0.4, 0.5) is 0 Å². The van der Waals surface area contributed by atoms with E-state index in [0.717, 1.165) is 16.9 Å². The van der Waals surface area contributed by atoms with Gasteiger partial charge < -0.3 is 9.64 Å². The second-order valence-corrected chi connectivity index (χ2v) is 7.61. The van der Waals surface area contributed by atoms with Gasteiger partial charge in [0.1, 0.15) is 5.75 Å². The van der Waals surface area contributed by atoms with E-state index in [1.807, 2.05) is 49.3 Å². The van der Waals surface area contributed by atoms with Crippen LogP contribution in [0, 0.1) is 6.92 Å². The number of hydrogen-bond donors (Lipinski definition) is 1. The van der Waals surface area contributed by atoms with E-state index in [4.69, 9.17) is 4.74 Å². The first-order chi connectivity index (χ1) is 11.3. The van der Waals surface area contributed by atoms with E-state index < -0.39 is 10.0 Å². The fraction of sp³-hybridized carbons (Fsp3) is 0.333. The minimum Gasteiger partial charge on any atom is -0.497 e. The van der Waals surface area contributed by atoms with Crippen LogP contribution in [0.1, 0.15) is 17.2 Å². The van der Waals surface area contributed by atoms with Gasteiger partial charge in [-0.1, -0.05) is 30.3 Å². The lowest BCUT2D eigenvalue weighted by atomic mass is 10.1. The van der Waals surface area contributed by atoms with Crippen LogP contribution in [0.15, 0.2) is 53.4 Å². The molecule has 0 saturated carbocycles. The maximum atomic E-state index is 12.6. The van der Waals surface area contributed by atoms with E-state index in [1.165, 1.54) is 0 Å². The predicted molar refractivity (Wildman–Crippen MR) is 95.8 cm³/mol. The summed E-state index contributed by atoms with van der Waals surface area (Å²) in [5.74, 6) is 0.775. The van der Waals surface area contributed by atoms with E-state index in [0.29, 0.717) is 4.90 Å². The molecule has 0 spiro atoms. The van der Waals surface area contributed by atoms with E-state index in [-0.39, 0.29) is 12.6 Å². The molecule has 0 fully saturated rings. The van der Waals surface area contributed by atoms with E-state index in [1.54, 1.807) is 32.2 Å². The quantitative estimate of drug-likeness (QED) is 0.835. The van der Waals surface area contributed by atoms with Gasteiger partial charge in [-0.25, -0.2) is 13.1 Å². The lowest BCUT2D eigenvalue weighted by Gasteiger charge is -2.25. The van der Waals surface area contributed by atoms with Gasteiger partial charge in [0.05, 0.1) is 12.0 Å². The number of hydrogen-bond acceptors (Lipinski definition) is 4.